The van der Waals surface area contributed by atoms with Crippen molar-refractivity contribution in [2.24, 2.45) is 0 Å². The zero-order valence-electron chi connectivity index (χ0n) is 67.1. The number of halogens is 2. The summed E-state index contributed by atoms with van der Waals surface area (Å²) in [5.74, 6) is 0. The van der Waals surface area contributed by atoms with Crippen molar-refractivity contribution in [3.63, 3.8) is 0 Å². The van der Waals surface area contributed by atoms with Gasteiger partial charge in [0.15, 0.2) is 16.7 Å². The van der Waals surface area contributed by atoms with Gasteiger partial charge in [0, 0.05) is 85.8 Å². The first-order valence-electron chi connectivity index (χ1n) is 40.7. The summed E-state index contributed by atoms with van der Waals surface area (Å²) >= 11 is 7.30. The molecule has 0 saturated heterocycles. The van der Waals surface area contributed by atoms with Gasteiger partial charge in [-0.15, -0.1) is 0 Å². The summed E-state index contributed by atoms with van der Waals surface area (Å²) in [6, 6.07) is 120. The molecule has 586 valence electrons. The Bertz CT molecular complexity index is 7570. The minimum Gasteiger partial charge on any atom is -0.454 e. The van der Waals surface area contributed by atoms with E-state index in [9.17, 15) is 0 Å². The van der Waals surface area contributed by atoms with Crippen LogP contribution in [0.3, 0.4) is 0 Å². The van der Waals surface area contributed by atoms with Gasteiger partial charge in [0.1, 0.15) is 16.7 Å². The molecule has 20 aromatic carbocycles. The van der Waals surface area contributed by atoms with Crippen LogP contribution in [0.15, 0.2) is 356 Å². The second-order valence-corrected chi connectivity index (χ2v) is 36.2. The maximum atomic E-state index is 7.26. The zero-order chi connectivity index (χ0) is 80.2. The first kappa shape index (κ1) is 77.0. The molecule has 3 aromatic heterocycles. The summed E-state index contributed by atoms with van der Waals surface area (Å²) in [7, 11) is 0. The van der Waals surface area contributed by atoms with Crippen molar-refractivity contribution in [3.05, 3.63) is 359 Å². The quantitative estimate of drug-likeness (QED) is 0.153. The molecule has 0 aliphatic carbocycles. The Morgan fingerprint density at radius 2 is 0.533 bits per heavy atom. The third kappa shape index (κ3) is 12.6. The zero-order valence-corrected chi connectivity index (χ0v) is 70.3. The van der Waals surface area contributed by atoms with Crippen LogP contribution in [0.4, 0.5) is 45.5 Å². The maximum absolute atomic E-state index is 7.26. The number of hydrogen-bond donors (Lipinski definition) is 1. The van der Waals surface area contributed by atoms with E-state index in [1.54, 1.807) is 0 Å². The summed E-state index contributed by atoms with van der Waals surface area (Å²) in [6.07, 6.45) is 0. The summed E-state index contributed by atoms with van der Waals surface area (Å²) < 4.78 is 23.4. The number of nitrogens with zero attached hydrogens (tertiary/aromatic N) is 2. The molecule has 0 unspecified atom stereocenters. The molecular formula is C112H91Br2N3O3. The molecule has 0 fully saturated rings. The number of hydrogen-bond acceptors (Lipinski definition) is 6. The number of para-hydroxylation sites is 6. The van der Waals surface area contributed by atoms with Gasteiger partial charge in [-0.2, -0.15) is 0 Å². The number of furan rings is 3. The predicted octanol–water partition coefficient (Wildman–Crippen LogP) is 35.4. The average molecular weight is 1690 g/mol. The second kappa shape index (κ2) is 29.5. The Kier molecular flexibility index (Phi) is 18.9. The van der Waals surface area contributed by atoms with Crippen molar-refractivity contribution in [1.29, 1.82) is 0 Å². The lowest BCUT2D eigenvalue weighted by Crippen LogP contribution is -2.12. The summed E-state index contributed by atoms with van der Waals surface area (Å²) in [6.45, 7) is 20.4. The summed E-state index contributed by atoms with van der Waals surface area (Å²) in [5, 5.41) is 32.7. The number of benzene rings is 20. The standard InChI is InChI=1S/C68H52N2O2.C26H23NO.C16H8Br2.2CH4/c1-67(2,3)53-39-43-19-13-15-25-47(43)61-51-27-17-29-57(63(51)71-65(53)61)69(45-21-9-7-10-22-45)55-37-33-41-32-36-50-56(38-34-42-31-35-49(55)59(41)60(42)50)70(46-23-11-8-12-24-46)58-30-18-28-52-62-48-26-16-14-20-44(48)40-54(68(4,5)6)66(62)72-64(52)58;1-26(2,3)21-16-17-10-7-8-13-19(17)23-20-14-9-15-22(24(20)28-25(21)23)27-18-11-5-4-6-12-18;17-13-8-4-10-2-6-12-14(18)7-3-9-1-5-11(13)16(10)15(9)12;;/h7-40H,1-6H3;4-16,27H,1-3H3;1-8H;2*1H4. The van der Waals surface area contributed by atoms with Crippen molar-refractivity contribution in [2.45, 2.75) is 93.4 Å². The van der Waals surface area contributed by atoms with E-state index < -0.39 is 0 Å². The highest BCUT2D eigenvalue weighted by atomic mass is 79.9. The summed E-state index contributed by atoms with van der Waals surface area (Å²) in [4.78, 5) is 4.81. The van der Waals surface area contributed by atoms with Crippen molar-refractivity contribution >= 4 is 240 Å². The molecule has 120 heavy (non-hydrogen) atoms. The highest BCUT2D eigenvalue weighted by Crippen LogP contribution is 2.54. The Balaban J connectivity index is 0.000000160. The molecule has 0 aliphatic heterocycles. The van der Waals surface area contributed by atoms with E-state index in [1.807, 2.05) is 18.2 Å². The monoisotopic (exact) mass is 1680 g/mol. The second-order valence-electron chi connectivity index (χ2n) is 34.5. The van der Waals surface area contributed by atoms with Crippen LogP contribution in [0.2, 0.25) is 0 Å². The van der Waals surface area contributed by atoms with Crippen LogP contribution in [-0.2, 0) is 16.2 Å². The molecule has 0 bridgehead atoms. The lowest BCUT2D eigenvalue weighted by atomic mass is 9.84. The molecule has 0 spiro atoms. The van der Waals surface area contributed by atoms with E-state index in [4.69, 9.17) is 13.3 Å². The van der Waals surface area contributed by atoms with Crippen LogP contribution >= 0.6 is 31.9 Å². The largest absolute Gasteiger partial charge is 0.454 e. The van der Waals surface area contributed by atoms with Crippen LogP contribution in [0.1, 0.15) is 93.9 Å². The molecule has 0 radical (unpaired) electrons. The van der Waals surface area contributed by atoms with E-state index in [0.29, 0.717) is 0 Å². The third-order valence-electron chi connectivity index (χ3n) is 24.1. The van der Waals surface area contributed by atoms with E-state index in [-0.39, 0.29) is 31.1 Å². The molecular weight excluding hydrogens is 1600 g/mol. The fourth-order valence-electron chi connectivity index (χ4n) is 18.6. The van der Waals surface area contributed by atoms with Gasteiger partial charge in [0.05, 0.1) is 28.4 Å². The van der Waals surface area contributed by atoms with Gasteiger partial charge in [0.2, 0.25) is 0 Å². The number of nitrogens with one attached hydrogen (secondary N) is 1. The third-order valence-corrected chi connectivity index (χ3v) is 25.5. The van der Waals surface area contributed by atoms with Crippen molar-refractivity contribution in [3.8, 4) is 0 Å². The normalized spacial score (nSPS) is 12.2. The van der Waals surface area contributed by atoms with Crippen LogP contribution in [0.5, 0.6) is 0 Å². The fraction of sp³-hybridized carbons (Fsp3) is 0.125. The minimum atomic E-state index is -0.139. The van der Waals surface area contributed by atoms with Gasteiger partial charge in [-0.1, -0.05) is 346 Å². The van der Waals surface area contributed by atoms with Crippen LogP contribution in [0, 0.1) is 0 Å². The lowest BCUT2D eigenvalue weighted by Gasteiger charge is -2.29. The minimum absolute atomic E-state index is 0. The van der Waals surface area contributed by atoms with Crippen LogP contribution in [0.25, 0.3) is 163 Å². The highest BCUT2D eigenvalue weighted by molar-refractivity contribution is 9.11. The first-order chi connectivity index (χ1) is 57.3. The predicted molar refractivity (Wildman–Crippen MR) is 525 cm³/mol. The molecule has 23 aromatic rings. The molecule has 0 amide bonds. The van der Waals surface area contributed by atoms with Gasteiger partial charge in [-0.05, 0) is 199 Å². The first-order valence-corrected chi connectivity index (χ1v) is 42.2. The number of rotatable bonds is 8. The summed E-state index contributed by atoms with van der Waals surface area (Å²) in [5.41, 5.74) is 17.2. The highest BCUT2D eigenvalue weighted by Gasteiger charge is 2.31. The maximum Gasteiger partial charge on any atom is 0.159 e. The number of fused-ring (bicyclic) bond motifs is 15. The van der Waals surface area contributed by atoms with E-state index in [0.717, 1.165) is 126 Å². The van der Waals surface area contributed by atoms with Crippen molar-refractivity contribution in [1.82, 2.24) is 0 Å². The lowest BCUT2D eigenvalue weighted by molar-refractivity contribution is 0.573. The Labute approximate surface area is 715 Å². The SMILES string of the molecule is Brc1ccc2ccc3c(Br)ccc4ccc1c2c43.C.C.CC(C)(C)c1cc2ccccc2c2c1oc1c(N(c3ccccc3)c3ccc4ccc5c(N(c6ccccc6)c6cccc7c6oc6c(C(C)(C)C)cc8ccccc8c67)ccc6ccc3c4c65)cccc12.CC(C)(C)c1cc2ccccc2c2c1oc1c(Nc3ccccc3)cccc12. The molecule has 1 N–H and O–H groups in total. The van der Waals surface area contributed by atoms with E-state index >= 15 is 0 Å². The topological polar surface area (TPSA) is 57.9 Å². The van der Waals surface area contributed by atoms with E-state index in [2.05, 4.69) is 425 Å². The van der Waals surface area contributed by atoms with Gasteiger partial charge in [-0.3, -0.25) is 0 Å². The smallest absolute Gasteiger partial charge is 0.159 e. The molecule has 23 rings (SSSR count). The van der Waals surface area contributed by atoms with Gasteiger partial charge >= 0.3 is 0 Å². The Morgan fingerprint density at radius 3 is 0.917 bits per heavy atom. The molecule has 0 saturated carbocycles. The Hall–Kier alpha value is -13.0. The van der Waals surface area contributed by atoms with Gasteiger partial charge in [0.25, 0.3) is 0 Å². The molecule has 3 heterocycles. The van der Waals surface area contributed by atoms with Crippen molar-refractivity contribution < 1.29 is 13.3 Å². The van der Waals surface area contributed by atoms with Gasteiger partial charge < -0.3 is 28.4 Å². The van der Waals surface area contributed by atoms with E-state index in [1.165, 1.54) is 108 Å². The Morgan fingerprint density at radius 1 is 0.233 bits per heavy atom. The molecule has 6 nitrogen and oxygen atoms in total. The molecule has 8 heteroatoms. The van der Waals surface area contributed by atoms with Crippen LogP contribution < -0.4 is 15.1 Å². The molecule has 0 aliphatic rings. The van der Waals surface area contributed by atoms with Crippen LogP contribution in [-0.4, -0.2) is 0 Å². The van der Waals surface area contributed by atoms with Gasteiger partial charge in [-0.25, -0.2) is 0 Å². The van der Waals surface area contributed by atoms with Crippen molar-refractivity contribution in [2.75, 3.05) is 15.1 Å². The average Bonchev–Trinajstić information content (AvgIpc) is 1.35. The molecule has 0 atom stereocenters. The fourth-order valence-corrected chi connectivity index (χ4v) is 19.5. The number of anilines is 8.